The molecule has 0 bridgehead atoms. The molecule has 8 nitrogen and oxygen atoms in total. The fraction of sp³-hybridized carbons (Fsp3) is 0.368. The molecule has 30 heavy (non-hydrogen) atoms. The summed E-state index contributed by atoms with van der Waals surface area (Å²) in [5.74, 6) is -1.94. The van der Waals surface area contributed by atoms with Gasteiger partial charge >= 0.3 is 0 Å². The molecule has 1 aromatic carbocycles. The van der Waals surface area contributed by atoms with Crippen molar-refractivity contribution in [3.63, 3.8) is 0 Å². The minimum atomic E-state index is -4.04. The summed E-state index contributed by atoms with van der Waals surface area (Å²) >= 11 is 0. The first-order valence-electron chi connectivity index (χ1n) is 9.34. The molecule has 1 aromatic heterocycles. The van der Waals surface area contributed by atoms with Gasteiger partial charge in [-0.25, -0.2) is 26.9 Å². The standard InChI is InChI=1S/C19H22F2N4O4S/c20-16-2-1-15(12-17(16)21)30(27,28)24-6-4-19(26)23-13-14-3-5-22-18(11-14)25-7-9-29-10-8-25/h1-3,5,11-12,24H,4,6-10,13H2,(H,23,26). The summed E-state index contributed by atoms with van der Waals surface area (Å²) in [5, 5.41) is 2.72. The van der Waals surface area contributed by atoms with E-state index in [0.717, 1.165) is 36.6 Å². The third-order valence-corrected chi connectivity index (χ3v) is 5.94. The van der Waals surface area contributed by atoms with Crippen LogP contribution in [0.25, 0.3) is 0 Å². The van der Waals surface area contributed by atoms with Crippen molar-refractivity contribution < 1.29 is 26.7 Å². The van der Waals surface area contributed by atoms with E-state index in [0.29, 0.717) is 19.3 Å². The molecule has 1 saturated heterocycles. The molecule has 2 heterocycles. The predicted molar refractivity (Wildman–Crippen MR) is 105 cm³/mol. The van der Waals surface area contributed by atoms with Gasteiger partial charge in [0.25, 0.3) is 0 Å². The third-order valence-electron chi connectivity index (χ3n) is 4.48. The Labute approximate surface area is 173 Å². The van der Waals surface area contributed by atoms with E-state index in [1.807, 2.05) is 6.07 Å². The Balaban J connectivity index is 1.46. The molecule has 1 fully saturated rings. The van der Waals surface area contributed by atoms with Gasteiger partial charge < -0.3 is 15.0 Å². The Morgan fingerprint density at radius 1 is 1.13 bits per heavy atom. The van der Waals surface area contributed by atoms with Gasteiger partial charge in [0.1, 0.15) is 5.82 Å². The highest BCUT2D eigenvalue weighted by atomic mass is 32.2. The average molecular weight is 440 g/mol. The Morgan fingerprint density at radius 2 is 1.90 bits per heavy atom. The summed E-state index contributed by atoms with van der Waals surface area (Å²) in [6, 6.07) is 5.95. The number of halogens is 2. The molecule has 2 aromatic rings. The van der Waals surface area contributed by atoms with E-state index in [2.05, 4.69) is 19.9 Å². The second-order valence-corrected chi connectivity index (χ2v) is 8.39. The number of nitrogens with one attached hydrogen (secondary N) is 2. The smallest absolute Gasteiger partial charge is 0.240 e. The highest BCUT2D eigenvalue weighted by molar-refractivity contribution is 7.89. The van der Waals surface area contributed by atoms with Gasteiger partial charge in [0.15, 0.2) is 11.6 Å². The van der Waals surface area contributed by atoms with Gasteiger partial charge in [-0.2, -0.15) is 0 Å². The normalized spacial score (nSPS) is 14.5. The molecule has 11 heteroatoms. The second kappa shape index (κ2) is 9.92. The summed E-state index contributed by atoms with van der Waals surface area (Å²) < 4.78 is 57.9. The monoisotopic (exact) mass is 440 g/mol. The van der Waals surface area contributed by atoms with E-state index in [9.17, 15) is 22.0 Å². The van der Waals surface area contributed by atoms with Crippen LogP contribution in [0.5, 0.6) is 0 Å². The maximum absolute atomic E-state index is 13.2. The molecular formula is C19H22F2N4O4S. The van der Waals surface area contributed by atoms with Crippen molar-refractivity contribution in [2.24, 2.45) is 0 Å². The Kier molecular flexibility index (Phi) is 7.29. The highest BCUT2D eigenvalue weighted by Gasteiger charge is 2.17. The van der Waals surface area contributed by atoms with Crippen molar-refractivity contribution in [2.45, 2.75) is 17.9 Å². The van der Waals surface area contributed by atoms with Gasteiger partial charge in [-0.05, 0) is 35.9 Å². The largest absolute Gasteiger partial charge is 0.378 e. The predicted octanol–water partition coefficient (Wildman–Crippen LogP) is 1.18. The molecule has 0 spiro atoms. The maximum Gasteiger partial charge on any atom is 0.240 e. The van der Waals surface area contributed by atoms with E-state index in [4.69, 9.17) is 4.74 Å². The van der Waals surface area contributed by atoms with Crippen LogP contribution in [0.15, 0.2) is 41.4 Å². The molecule has 0 unspecified atom stereocenters. The number of hydrogen-bond donors (Lipinski definition) is 2. The Morgan fingerprint density at radius 3 is 2.63 bits per heavy atom. The number of nitrogens with zero attached hydrogens (tertiary/aromatic N) is 2. The SMILES string of the molecule is O=C(CCNS(=O)(=O)c1ccc(F)c(F)c1)NCc1ccnc(N2CCOCC2)c1. The summed E-state index contributed by atoms with van der Waals surface area (Å²) in [4.78, 5) is 18.1. The molecule has 162 valence electrons. The van der Waals surface area contributed by atoms with Crippen LogP contribution in [0.1, 0.15) is 12.0 Å². The number of carbonyl (C=O) groups is 1. The third kappa shape index (κ3) is 5.94. The van der Waals surface area contributed by atoms with Gasteiger partial charge in [-0.3, -0.25) is 4.79 Å². The van der Waals surface area contributed by atoms with Crippen LogP contribution in [-0.4, -0.2) is 52.2 Å². The molecule has 1 aliphatic rings. The minimum Gasteiger partial charge on any atom is -0.378 e. The van der Waals surface area contributed by atoms with Crippen molar-refractivity contribution in [3.05, 3.63) is 53.7 Å². The van der Waals surface area contributed by atoms with Crippen molar-refractivity contribution in [1.29, 1.82) is 0 Å². The Hall–Kier alpha value is -2.63. The zero-order chi connectivity index (χ0) is 21.6. The zero-order valence-corrected chi connectivity index (χ0v) is 16.9. The first kappa shape index (κ1) is 22.1. The van der Waals surface area contributed by atoms with Crippen molar-refractivity contribution in [2.75, 3.05) is 37.7 Å². The molecule has 0 atom stereocenters. The zero-order valence-electron chi connectivity index (χ0n) is 16.1. The van der Waals surface area contributed by atoms with E-state index >= 15 is 0 Å². The first-order valence-corrected chi connectivity index (χ1v) is 10.8. The molecular weight excluding hydrogens is 418 g/mol. The molecule has 1 amide bonds. The summed E-state index contributed by atoms with van der Waals surface area (Å²) in [5.41, 5.74) is 0.863. The van der Waals surface area contributed by atoms with Gasteiger partial charge in [0.05, 0.1) is 18.1 Å². The van der Waals surface area contributed by atoms with Crippen LogP contribution < -0.4 is 14.9 Å². The van der Waals surface area contributed by atoms with Gasteiger partial charge in [-0.1, -0.05) is 0 Å². The van der Waals surface area contributed by atoms with E-state index in [1.165, 1.54) is 0 Å². The average Bonchev–Trinajstić information content (AvgIpc) is 2.75. The van der Waals surface area contributed by atoms with Crippen molar-refractivity contribution in [1.82, 2.24) is 15.0 Å². The molecule has 3 rings (SSSR count). The lowest BCUT2D eigenvalue weighted by Crippen LogP contribution is -2.36. The minimum absolute atomic E-state index is 0.107. The second-order valence-electron chi connectivity index (χ2n) is 6.62. The molecule has 2 N–H and O–H groups in total. The summed E-state index contributed by atoms with van der Waals surface area (Å²) in [7, 11) is -4.04. The fourth-order valence-electron chi connectivity index (χ4n) is 2.85. The number of morpholine rings is 1. The van der Waals surface area contributed by atoms with Gasteiger partial charge in [-0.15, -0.1) is 0 Å². The maximum atomic E-state index is 13.2. The van der Waals surface area contributed by atoms with Crippen LogP contribution >= 0.6 is 0 Å². The van der Waals surface area contributed by atoms with Crippen LogP contribution in [0.4, 0.5) is 14.6 Å². The van der Waals surface area contributed by atoms with Crippen LogP contribution in [0, 0.1) is 11.6 Å². The van der Waals surface area contributed by atoms with E-state index in [-0.39, 0.29) is 25.4 Å². The number of hydrogen-bond acceptors (Lipinski definition) is 6. The van der Waals surface area contributed by atoms with E-state index in [1.54, 1.807) is 12.3 Å². The van der Waals surface area contributed by atoms with Gasteiger partial charge in [0.2, 0.25) is 15.9 Å². The number of benzene rings is 1. The van der Waals surface area contributed by atoms with Crippen molar-refractivity contribution >= 4 is 21.7 Å². The number of rotatable bonds is 8. The number of amides is 1. The molecule has 0 aliphatic carbocycles. The van der Waals surface area contributed by atoms with Crippen LogP contribution in [0.2, 0.25) is 0 Å². The molecule has 1 aliphatic heterocycles. The lowest BCUT2D eigenvalue weighted by molar-refractivity contribution is -0.121. The number of pyridine rings is 1. The number of anilines is 1. The number of sulfonamides is 1. The summed E-state index contributed by atoms with van der Waals surface area (Å²) in [6.07, 6.45) is 1.56. The van der Waals surface area contributed by atoms with Gasteiger partial charge in [0, 0.05) is 38.8 Å². The lowest BCUT2D eigenvalue weighted by atomic mass is 10.2. The highest BCUT2D eigenvalue weighted by Crippen LogP contribution is 2.15. The number of aromatic nitrogens is 1. The first-order chi connectivity index (χ1) is 14.3. The quantitative estimate of drug-likeness (QED) is 0.640. The number of carbonyl (C=O) groups excluding carboxylic acids is 1. The van der Waals surface area contributed by atoms with E-state index < -0.39 is 26.6 Å². The fourth-order valence-corrected chi connectivity index (χ4v) is 3.89. The molecule has 0 radical (unpaired) electrons. The molecule has 0 saturated carbocycles. The topological polar surface area (TPSA) is 101 Å². The van der Waals surface area contributed by atoms with Crippen molar-refractivity contribution in [3.8, 4) is 0 Å². The van der Waals surface area contributed by atoms with Crippen LogP contribution in [-0.2, 0) is 26.1 Å². The Bertz CT molecular complexity index is 998. The lowest BCUT2D eigenvalue weighted by Gasteiger charge is -2.28. The van der Waals surface area contributed by atoms with Crippen LogP contribution in [0.3, 0.4) is 0 Å². The number of ether oxygens (including phenoxy) is 1. The summed E-state index contributed by atoms with van der Waals surface area (Å²) in [6.45, 7) is 2.88.